The van der Waals surface area contributed by atoms with Gasteiger partial charge in [0.05, 0.1) is 17.8 Å². The highest BCUT2D eigenvalue weighted by atomic mass is 16.2. The Morgan fingerprint density at radius 3 is 3.09 bits per heavy atom. The van der Waals surface area contributed by atoms with Crippen LogP contribution < -0.4 is 15.8 Å². The normalized spacial score (nSPS) is 17.3. The van der Waals surface area contributed by atoms with Crippen molar-refractivity contribution in [2.45, 2.75) is 19.9 Å². The number of anilines is 1. The lowest BCUT2D eigenvalue weighted by Crippen LogP contribution is -2.32. The molecule has 0 spiro atoms. The van der Waals surface area contributed by atoms with Crippen molar-refractivity contribution in [2.24, 2.45) is 5.92 Å². The predicted molar refractivity (Wildman–Crippen MR) is 88.2 cm³/mol. The van der Waals surface area contributed by atoms with Crippen LogP contribution in [-0.4, -0.2) is 29.2 Å². The molecule has 1 aliphatic heterocycles. The molecule has 0 bridgehead atoms. The SMILES string of the molecule is Cc1cccc(CNC(=O)C2CCN(c3cn[nH]c(=O)c3)C2)c1. The maximum Gasteiger partial charge on any atom is 0.266 e. The summed E-state index contributed by atoms with van der Waals surface area (Å²) in [5.74, 6) is 0.00547. The topological polar surface area (TPSA) is 78.1 Å². The lowest BCUT2D eigenvalue weighted by atomic mass is 10.1. The van der Waals surface area contributed by atoms with Crippen molar-refractivity contribution in [1.29, 1.82) is 0 Å². The molecule has 120 valence electrons. The van der Waals surface area contributed by atoms with Crippen LogP contribution in [0.5, 0.6) is 0 Å². The average Bonchev–Trinajstić information content (AvgIpc) is 3.03. The molecule has 1 atom stereocenters. The number of amides is 1. The van der Waals surface area contributed by atoms with Crippen molar-refractivity contribution >= 4 is 11.6 Å². The molecule has 0 aliphatic carbocycles. The number of aromatic nitrogens is 2. The molecule has 1 unspecified atom stereocenters. The second-order valence-electron chi connectivity index (χ2n) is 5.94. The first-order valence-corrected chi connectivity index (χ1v) is 7.75. The van der Waals surface area contributed by atoms with E-state index in [0.717, 1.165) is 24.2 Å². The number of aryl methyl sites for hydroxylation is 1. The summed E-state index contributed by atoms with van der Waals surface area (Å²) < 4.78 is 0. The minimum Gasteiger partial charge on any atom is -0.369 e. The number of aromatic amines is 1. The fraction of sp³-hybridized carbons (Fsp3) is 0.353. The standard InChI is InChI=1S/C17H20N4O2/c1-12-3-2-4-13(7-12)9-18-17(23)14-5-6-21(11-14)15-8-16(22)20-19-10-15/h2-4,7-8,10,14H,5-6,9,11H2,1H3,(H,18,23)(H,20,22). The number of carbonyl (C=O) groups excluding carboxylic acids is 1. The first-order valence-electron chi connectivity index (χ1n) is 7.75. The van der Waals surface area contributed by atoms with Gasteiger partial charge in [0.15, 0.2) is 0 Å². The van der Waals surface area contributed by atoms with Gasteiger partial charge in [-0.15, -0.1) is 0 Å². The van der Waals surface area contributed by atoms with Crippen LogP contribution in [0.1, 0.15) is 17.5 Å². The first kappa shape index (κ1) is 15.3. The zero-order valence-electron chi connectivity index (χ0n) is 13.1. The van der Waals surface area contributed by atoms with Crippen molar-refractivity contribution in [1.82, 2.24) is 15.5 Å². The monoisotopic (exact) mass is 312 g/mol. The molecule has 0 saturated carbocycles. The largest absolute Gasteiger partial charge is 0.369 e. The van der Waals surface area contributed by atoms with Gasteiger partial charge >= 0.3 is 0 Å². The van der Waals surface area contributed by atoms with Crippen molar-refractivity contribution < 1.29 is 4.79 Å². The summed E-state index contributed by atoms with van der Waals surface area (Å²) in [5, 5.41) is 9.17. The summed E-state index contributed by atoms with van der Waals surface area (Å²) in [6, 6.07) is 9.63. The first-order chi connectivity index (χ1) is 11.1. The Bertz CT molecular complexity index is 756. The molecule has 6 nitrogen and oxygen atoms in total. The fourth-order valence-corrected chi connectivity index (χ4v) is 2.90. The van der Waals surface area contributed by atoms with E-state index in [9.17, 15) is 9.59 Å². The Morgan fingerprint density at radius 2 is 2.30 bits per heavy atom. The summed E-state index contributed by atoms with van der Waals surface area (Å²) in [5.41, 5.74) is 2.83. The molecule has 1 saturated heterocycles. The van der Waals surface area contributed by atoms with Crippen molar-refractivity contribution in [3.63, 3.8) is 0 Å². The number of hydrogen-bond acceptors (Lipinski definition) is 4. The maximum absolute atomic E-state index is 12.3. The summed E-state index contributed by atoms with van der Waals surface area (Å²) >= 11 is 0. The molecule has 2 heterocycles. The second-order valence-corrected chi connectivity index (χ2v) is 5.94. The van der Waals surface area contributed by atoms with Crippen LogP contribution in [-0.2, 0) is 11.3 Å². The van der Waals surface area contributed by atoms with Gasteiger partial charge in [0.1, 0.15) is 0 Å². The molecule has 23 heavy (non-hydrogen) atoms. The number of rotatable bonds is 4. The smallest absolute Gasteiger partial charge is 0.266 e. The third kappa shape index (κ3) is 3.77. The molecule has 1 fully saturated rings. The predicted octanol–water partition coefficient (Wildman–Crippen LogP) is 1.22. The summed E-state index contributed by atoms with van der Waals surface area (Å²) in [7, 11) is 0. The van der Waals surface area contributed by atoms with E-state index in [1.807, 2.05) is 30.0 Å². The third-order valence-corrected chi connectivity index (χ3v) is 4.12. The minimum absolute atomic E-state index is 0.0564. The van der Waals surface area contributed by atoms with Gasteiger partial charge in [-0.05, 0) is 18.9 Å². The highest BCUT2D eigenvalue weighted by Gasteiger charge is 2.28. The average molecular weight is 312 g/mol. The molecule has 1 aliphatic rings. The fourth-order valence-electron chi connectivity index (χ4n) is 2.90. The number of benzene rings is 1. The van der Waals surface area contributed by atoms with Gasteiger partial charge in [0.25, 0.3) is 5.56 Å². The van der Waals surface area contributed by atoms with Crippen LogP contribution in [0.25, 0.3) is 0 Å². The molecular weight excluding hydrogens is 292 g/mol. The van der Waals surface area contributed by atoms with Crippen LogP contribution in [0.4, 0.5) is 5.69 Å². The van der Waals surface area contributed by atoms with E-state index in [1.54, 1.807) is 6.20 Å². The zero-order chi connectivity index (χ0) is 16.2. The van der Waals surface area contributed by atoms with E-state index in [-0.39, 0.29) is 17.4 Å². The Morgan fingerprint density at radius 1 is 1.43 bits per heavy atom. The molecule has 0 radical (unpaired) electrons. The van der Waals surface area contributed by atoms with E-state index >= 15 is 0 Å². The van der Waals surface area contributed by atoms with E-state index in [2.05, 4.69) is 21.6 Å². The molecule has 1 aromatic carbocycles. The van der Waals surface area contributed by atoms with Crippen molar-refractivity contribution in [2.75, 3.05) is 18.0 Å². The molecule has 1 aromatic heterocycles. The number of H-pyrrole nitrogens is 1. The number of carbonyl (C=O) groups is 1. The van der Waals surface area contributed by atoms with Gasteiger partial charge in [0, 0.05) is 25.7 Å². The molecular formula is C17H20N4O2. The van der Waals surface area contributed by atoms with Gasteiger partial charge in [-0.3, -0.25) is 9.59 Å². The maximum atomic E-state index is 12.3. The molecule has 2 N–H and O–H groups in total. The number of hydrogen-bond donors (Lipinski definition) is 2. The number of nitrogens with zero attached hydrogens (tertiary/aromatic N) is 2. The molecule has 1 amide bonds. The summed E-state index contributed by atoms with van der Waals surface area (Å²) in [4.78, 5) is 25.7. The van der Waals surface area contributed by atoms with E-state index in [0.29, 0.717) is 13.1 Å². The van der Waals surface area contributed by atoms with E-state index in [1.165, 1.54) is 11.6 Å². The Kier molecular flexibility index (Phi) is 4.41. The van der Waals surface area contributed by atoms with Gasteiger partial charge in [-0.1, -0.05) is 29.8 Å². The lowest BCUT2D eigenvalue weighted by Gasteiger charge is -2.17. The van der Waals surface area contributed by atoms with Crippen molar-refractivity contribution in [3.8, 4) is 0 Å². The van der Waals surface area contributed by atoms with Crippen molar-refractivity contribution in [3.05, 3.63) is 58.0 Å². The quantitative estimate of drug-likeness (QED) is 0.890. The second kappa shape index (κ2) is 6.64. The summed E-state index contributed by atoms with van der Waals surface area (Å²) in [6.45, 7) is 3.96. The van der Waals surface area contributed by atoms with Crippen LogP contribution in [0.15, 0.2) is 41.3 Å². The van der Waals surface area contributed by atoms with Gasteiger partial charge in [0.2, 0.25) is 5.91 Å². The minimum atomic E-state index is -0.227. The zero-order valence-corrected chi connectivity index (χ0v) is 13.1. The van der Waals surface area contributed by atoms with Crippen LogP contribution in [0.3, 0.4) is 0 Å². The van der Waals surface area contributed by atoms with E-state index < -0.39 is 0 Å². The molecule has 2 aromatic rings. The highest BCUT2D eigenvalue weighted by Crippen LogP contribution is 2.22. The molecule has 3 rings (SSSR count). The van der Waals surface area contributed by atoms with Crippen LogP contribution >= 0.6 is 0 Å². The third-order valence-electron chi connectivity index (χ3n) is 4.12. The Labute approximate surface area is 134 Å². The van der Waals surface area contributed by atoms with E-state index in [4.69, 9.17) is 0 Å². The van der Waals surface area contributed by atoms with Crippen LogP contribution in [0.2, 0.25) is 0 Å². The van der Waals surface area contributed by atoms with Crippen LogP contribution in [0, 0.1) is 12.8 Å². The Balaban J connectivity index is 1.56. The lowest BCUT2D eigenvalue weighted by molar-refractivity contribution is -0.124. The highest BCUT2D eigenvalue weighted by molar-refractivity contribution is 5.80. The summed E-state index contributed by atoms with van der Waals surface area (Å²) in [6.07, 6.45) is 2.40. The van der Waals surface area contributed by atoms with Gasteiger partial charge in [-0.2, -0.15) is 5.10 Å². The van der Waals surface area contributed by atoms with Gasteiger partial charge < -0.3 is 10.2 Å². The Hall–Kier alpha value is -2.63. The number of nitrogens with one attached hydrogen (secondary N) is 2. The van der Waals surface area contributed by atoms with Gasteiger partial charge in [-0.25, -0.2) is 5.10 Å². The molecule has 6 heteroatoms.